The molecular formula is C21H37N3O4. The van der Waals surface area contributed by atoms with Gasteiger partial charge in [-0.25, -0.2) is 4.79 Å². The summed E-state index contributed by atoms with van der Waals surface area (Å²) in [7, 11) is 0. The minimum atomic E-state index is -0.629. The van der Waals surface area contributed by atoms with E-state index < -0.39 is 17.7 Å². The number of hydrogen-bond donors (Lipinski definition) is 1. The second-order valence-corrected chi connectivity index (χ2v) is 9.35. The van der Waals surface area contributed by atoms with Gasteiger partial charge in [0.05, 0.1) is 0 Å². The molecule has 0 bridgehead atoms. The van der Waals surface area contributed by atoms with Crippen molar-refractivity contribution in [1.82, 2.24) is 15.1 Å². The fraction of sp³-hybridized carbons (Fsp3) is 0.857. The fourth-order valence-corrected chi connectivity index (χ4v) is 3.90. The van der Waals surface area contributed by atoms with Gasteiger partial charge in [0.15, 0.2) is 0 Å². The molecule has 28 heavy (non-hydrogen) atoms. The lowest BCUT2D eigenvalue weighted by Crippen LogP contribution is -2.58. The number of alkyl carbamates (subject to hydrolysis) is 1. The Morgan fingerprint density at radius 1 is 0.929 bits per heavy atom. The van der Waals surface area contributed by atoms with Crippen LogP contribution in [0.3, 0.4) is 0 Å². The largest absolute Gasteiger partial charge is 0.444 e. The van der Waals surface area contributed by atoms with Crippen LogP contribution in [0.5, 0.6) is 0 Å². The predicted octanol–water partition coefficient (Wildman–Crippen LogP) is 2.79. The molecule has 1 atom stereocenters. The number of hydrogen-bond acceptors (Lipinski definition) is 4. The molecule has 0 aromatic carbocycles. The van der Waals surface area contributed by atoms with Crippen molar-refractivity contribution in [2.24, 2.45) is 11.8 Å². The van der Waals surface area contributed by atoms with Crippen LogP contribution in [0.1, 0.15) is 66.7 Å². The summed E-state index contributed by atoms with van der Waals surface area (Å²) in [6.45, 7) is 11.3. The molecule has 0 spiro atoms. The van der Waals surface area contributed by atoms with Crippen molar-refractivity contribution >= 4 is 17.9 Å². The summed E-state index contributed by atoms with van der Waals surface area (Å²) in [6, 6.07) is -0.629. The summed E-state index contributed by atoms with van der Waals surface area (Å²) in [5, 5.41) is 2.72. The lowest BCUT2D eigenvalue weighted by Gasteiger charge is -2.39. The van der Waals surface area contributed by atoms with Crippen molar-refractivity contribution in [3.63, 3.8) is 0 Å². The van der Waals surface area contributed by atoms with Gasteiger partial charge < -0.3 is 19.9 Å². The number of nitrogens with one attached hydrogen (secondary N) is 1. The van der Waals surface area contributed by atoms with Crippen molar-refractivity contribution in [3.8, 4) is 0 Å². The Balaban J connectivity index is 1.89. The Morgan fingerprint density at radius 2 is 1.46 bits per heavy atom. The third-order valence-corrected chi connectivity index (χ3v) is 5.46. The number of amides is 3. The van der Waals surface area contributed by atoms with Crippen LogP contribution in [0.25, 0.3) is 0 Å². The number of piperazine rings is 1. The van der Waals surface area contributed by atoms with Gasteiger partial charge >= 0.3 is 6.09 Å². The summed E-state index contributed by atoms with van der Waals surface area (Å²) in [5.41, 5.74) is -0.611. The van der Waals surface area contributed by atoms with Gasteiger partial charge in [0.25, 0.3) is 0 Å². The molecule has 1 N–H and O–H groups in total. The lowest BCUT2D eigenvalue weighted by atomic mass is 9.88. The zero-order valence-corrected chi connectivity index (χ0v) is 18.1. The summed E-state index contributed by atoms with van der Waals surface area (Å²) >= 11 is 0. The molecule has 0 radical (unpaired) electrons. The molecule has 2 rings (SSSR count). The van der Waals surface area contributed by atoms with Gasteiger partial charge in [-0.15, -0.1) is 0 Å². The highest BCUT2D eigenvalue weighted by atomic mass is 16.6. The van der Waals surface area contributed by atoms with Gasteiger partial charge in [0.2, 0.25) is 11.8 Å². The van der Waals surface area contributed by atoms with Crippen molar-refractivity contribution < 1.29 is 19.1 Å². The van der Waals surface area contributed by atoms with E-state index in [0.29, 0.717) is 26.2 Å². The van der Waals surface area contributed by atoms with Crippen LogP contribution in [0, 0.1) is 11.8 Å². The van der Waals surface area contributed by atoms with E-state index in [1.807, 2.05) is 18.7 Å². The second-order valence-electron chi connectivity index (χ2n) is 9.35. The Bertz CT molecular complexity index is 556. The average molecular weight is 396 g/mol. The minimum absolute atomic E-state index is 0.0538. The minimum Gasteiger partial charge on any atom is -0.444 e. The Labute approximate surface area is 169 Å². The Kier molecular flexibility index (Phi) is 7.72. The lowest BCUT2D eigenvalue weighted by molar-refractivity contribution is -0.144. The summed E-state index contributed by atoms with van der Waals surface area (Å²) in [6.07, 6.45) is 4.92. The first-order valence-electron chi connectivity index (χ1n) is 10.7. The number of ether oxygens (including phenoxy) is 1. The first-order valence-corrected chi connectivity index (χ1v) is 10.7. The fourth-order valence-electron chi connectivity index (χ4n) is 3.90. The van der Waals surface area contributed by atoms with E-state index in [2.05, 4.69) is 5.32 Å². The molecule has 0 aromatic heterocycles. The molecule has 7 nitrogen and oxygen atoms in total. The molecule has 1 aliphatic heterocycles. The number of carbonyl (C=O) groups is 3. The van der Waals surface area contributed by atoms with Crippen LogP contribution in [-0.2, 0) is 14.3 Å². The molecule has 160 valence electrons. The average Bonchev–Trinajstić information content (AvgIpc) is 2.64. The molecule has 1 saturated heterocycles. The van der Waals surface area contributed by atoms with Crippen LogP contribution in [0.15, 0.2) is 0 Å². The smallest absolute Gasteiger partial charge is 0.408 e. The third-order valence-electron chi connectivity index (χ3n) is 5.46. The van der Waals surface area contributed by atoms with Crippen LogP contribution < -0.4 is 5.32 Å². The zero-order chi connectivity index (χ0) is 20.9. The number of nitrogens with zero attached hydrogens (tertiary/aromatic N) is 2. The highest BCUT2D eigenvalue weighted by molar-refractivity contribution is 5.86. The molecule has 1 heterocycles. The van der Waals surface area contributed by atoms with Crippen molar-refractivity contribution in [2.45, 2.75) is 78.4 Å². The van der Waals surface area contributed by atoms with E-state index in [-0.39, 0.29) is 23.7 Å². The van der Waals surface area contributed by atoms with E-state index in [4.69, 9.17) is 4.74 Å². The maximum Gasteiger partial charge on any atom is 0.408 e. The predicted molar refractivity (Wildman–Crippen MR) is 108 cm³/mol. The van der Waals surface area contributed by atoms with Gasteiger partial charge in [-0.05, 0) is 39.5 Å². The number of carbonyl (C=O) groups excluding carboxylic acids is 3. The second kappa shape index (κ2) is 9.61. The Morgan fingerprint density at radius 3 is 1.96 bits per heavy atom. The normalized spacial score (nSPS) is 20.1. The van der Waals surface area contributed by atoms with E-state index >= 15 is 0 Å². The van der Waals surface area contributed by atoms with Crippen LogP contribution in [-0.4, -0.2) is 65.5 Å². The quantitative estimate of drug-likeness (QED) is 0.794. The SMILES string of the molecule is CC(C)C(NC(=O)OC(C)(C)C)C(=O)N1CCN(C(=O)C2CCCCC2)CC1. The standard InChI is InChI=1S/C21H37N3O4/c1-15(2)17(22-20(27)28-21(3,4)5)19(26)24-13-11-23(12-14-24)18(25)16-9-7-6-8-10-16/h15-17H,6-14H2,1-5H3,(H,22,27). The molecule has 1 saturated carbocycles. The van der Waals surface area contributed by atoms with E-state index in [0.717, 1.165) is 25.7 Å². The Hall–Kier alpha value is -1.79. The molecule has 7 heteroatoms. The van der Waals surface area contributed by atoms with E-state index in [1.54, 1.807) is 25.7 Å². The summed E-state index contributed by atoms with van der Waals surface area (Å²) < 4.78 is 5.30. The van der Waals surface area contributed by atoms with Gasteiger partial charge in [0, 0.05) is 32.1 Å². The van der Waals surface area contributed by atoms with Crippen LogP contribution in [0.4, 0.5) is 4.79 Å². The van der Waals surface area contributed by atoms with Gasteiger partial charge in [-0.3, -0.25) is 9.59 Å². The highest BCUT2D eigenvalue weighted by Gasteiger charge is 2.34. The first kappa shape index (κ1) is 22.5. The topological polar surface area (TPSA) is 79.0 Å². The summed E-state index contributed by atoms with van der Waals surface area (Å²) in [5.74, 6) is 0.250. The third kappa shape index (κ3) is 6.38. The molecular weight excluding hydrogens is 358 g/mol. The monoisotopic (exact) mass is 395 g/mol. The molecule has 1 aliphatic carbocycles. The molecule has 1 unspecified atom stereocenters. The van der Waals surface area contributed by atoms with Gasteiger partial charge in [-0.2, -0.15) is 0 Å². The van der Waals surface area contributed by atoms with Gasteiger partial charge in [0.1, 0.15) is 11.6 Å². The number of rotatable bonds is 4. The van der Waals surface area contributed by atoms with Crippen LogP contribution >= 0.6 is 0 Å². The summed E-state index contributed by atoms with van der Waals surface area (Å²) in [4.78, 5) is 41.5. The van der Waals surface area contributed by atoms with Crippen molar-refractivity contribution in [2.75, 3.05) is 26.2 Å². The maximum absolute atomic E-state index is 13.0. The maximum atomic E-state index is 13.0. The molecule has 3 amide bonds. The van der Waals surface area contributed by atoms with Crippen LogP contribution in [0.2, 0.25) is 0 Å². The van der Waals surface area contributed by atoms with Crippen molar-refractivity contribution in [3.05, 3.63) is 0 Å². The van der Waals surface area contributed by atoms with E-state index in [9.17, 15) is 14.4 Å². The zero-order valence-electron chi connectivity index (χ0n) is 18.1. The van der Waals surface area contributed by atoms with Gasteiger partial charge in [-0.1, -0.05) is 33.1 Å². The van der Waals surface area contributed by atoms with Crippen molar-refractivity contribution in [1.29, 1.82) is 0 Å². The molecule has 2 fully saturated rings. The van der Waals surface area contributed by atoms with E-state index in [1.165, 1.54) is 6.42 Å². The first-order chi connectivity index (χ1) is 13.1. The molecule has 0 aromatic rings. The highest BCUT2D eigenvalue weighted by Crippen LogP contribution is 2.26. The molecule has 2 aliphatic rings.